The van der Waals surface area contributed by atoms with Crippen molar-refractivity contribution in [3.63, 3.8) is 0 Å². The van der Waals surface area contributed by atoms with E-state index in [1.165, 1.54) is 0 Å². The van der Waals surface area contributed by atoms with Crippen molar-refractivity contribution >= 4 is 11.5 Å². The first kappa shape index (κ1) is 10.0. The predicted molar refractivity (Wildman–Crippen MR) is 60.3 cm³/mol. The van der Waals surface area contributed by atoms with E-state index in [4.69, 9.17) is 10.5 Å². The number of ether oxygens (including phenoxy) is 1. The van der Waals surface area contributed by atoms with Crippen molar-refractivity contribution in [1.82, 2.24) is 10.3 Å². The number of methoxy groups -OCH3 is 1. The van der Waals surface area contributed by atoms with E-state index in [0.29, 0.717) is 11.7 Å². The van der Waals surface area contributed by atoms with Crippen molar-refractivity contribution in [2.45, 2.75) is 0 Å². The molecule has 15 heavy (non-hydrogen) atoms. The molecule has 0 aromatic carbocycles. The Kier molecular flexibility index (Phi) is 2.91. The van der Waals surface area contributed by atoms with Crippen LogP contribution in [0.2, 0.25) is 0 Å². The van der Waals surface area contributed by atoms with E-state index in [1.54, 1.807) is 13.2 Å². The zero-order valence-corrected chi connectivity index (χ0v) is 8.86. The van der Waals surface area contributed by atoms with Crippen LogP contribution >= 0.6 is 0 Å². The molecular weight excluding hydrogens is 192 g/mol. The second-order valence-corrected chi connectivity index (χ2v) is 3.50. The van der Waals surface area contributed by atoms with Gasteiger partial charge in [-0.15, -0.1) is 0 Å². The quantitative estimate of drug-likeness (QED) is 0.720. The van der Waals surface area contributed by atoms with Gasteiger partial charge >= 0.3 is 0 Å². The number of nitrogens with zero attached hydrogens (tertiary/aromatic N) is 2. The Balaban J connectivity index is 2.25. The van der Waals surface area contributed by atoms with E-state index in [9.17, 15) is 0 Å². The SMILES string of the molecule is COc1nc(N)ccc1N1CCNCC1. The summed E-state index contributed by atoms with van der Waals surface area (Å²) in [6, 6.07) is 3.77. The van der Waals surface area contributed by atoms with Crippen molar-refractivity contribution in [3.05, 3.63) is 12.1 Å². The fourth-order valence-corrected chi connectivity index (χ4v) is 1.74. The van der Waals surface area contributed by atoms with Gasteiger partial charge in [-0.2, -0.15) is 4.98 Å². The molecule has 1 aliphatic heterocycles. The summed E-state index contributed by atoms with van der Waals surface area (Å²) in [6.45, 7) is 3.94. The molecule has 0 amide bonds. The first-order valence-corrected chi connectivity index (χ1v) is 5.07. The lowest BCUT2D eigenvalue weighted by molar-refractivity contribution is 0.397. The summed E-state index contributed by atoms with van der Waals surface area (Å²) in [5.74, 6) is 1.10. The van der Waals surface area contributed by atoms with Crippen LogP contribution in [0.4, 0.5) is 11.5 Å². The highest BCUT2D eigenvalue weighted by Gasteiger charge is 2.15. The topological polar surface area (TPSA) is 63.4 Å². The zero-order chi connectivity index (χ0) is 10.7. The van der Waals surface area contributed by atoms with Gasteiger partial charge in [0.1, 0.15) is 11.5 Å². The summed E-state index contributed by atoms with van der Waals surface area (Å²) in [6.07, 6.45) is 0. The number of aromatic nitrogens is 1. The summed E-state index contributed by atoms with van der Waals surface area (Å²) in [5.41, 5.74) is 6.63. The molecule has 0 saturated carbocycles. The lowest BCUT2D eigenvalue weighted by Gasteiger charge is -2.30. The lowest BCUT2D eigenvalue weighted by Crippen LogP contribution is -2.43. The number of pyridine rings is 1. The van der Waals surface area contributed by atoms with E-state index in [-0.39, 0.29) is 0 Å². The molecule has 2 heterocycles. The number of rotatable bonds is 2. The minimum absolute atomic E-state index is 0.491. The van der Waals surface area contributed by atoms with E-state index in [1.807, 2.05) is 6.07 Å². The highest BCUT2D eigenvalue weighted by molar-refractivity contribution is 5.58. The summed E-state index contributed by atoms with van der Waals surface area (Å²) in [5, 5.41) is 3.31. The summed E-state index contributed by atoms with van der Waals surface area (Å²) in [7, 11) is 1.62. The van der Waals surface area contributed by atoms with Crippen molar-refractivity contribution < 1.29 is 4.74 Å². The van der Waals surface area contributed by atoms with Gasteiger partial charge in [0.15, 0.2) is 0 Å². The first-order chi connectivity index (χ1) is 7.31. The minimum atomic E-state index is 0.491. The molecule has 3 N–H and O–H groups in total. The van der Waals surface area contributed by atoms with Crippen LogP contribution in [-0.4, -0.2) is 38.3 Å². The molecule has 0 spiro atoms. The number of piperazine rings is 1. The maximum absolute atomic E-state index is 5.61. The Bertz CT molecular complexity index is 336. The van der Waals surface area contributed by atoms with Crippen molar-refractivity contribution in [3.8, 4) is 5.88 Å². The molecule has 5 heteroatoms. The van der Waals surface area contributed by atoms with Crippen LogP contribution in [0.3, 0.4) is 0 Å². The molecule has 0 aliphatic carbocycles. The Hall–Kier alpha value is -1.49. The van der Waals surface area contributed by atoms with Gasteiger partial charge in [0.05, 0.1) is 7.11 Å². The Morgan fingerprint density at radius 1 is 1.40 bits per heavy atom. The number of hydrogen-bond acceptors (Lipinski definition) is 5. The largest absolute Gasteiger partial charge is 0.479 e. The second-order valence-electron chi connectivity index (χ2n) is 3.50. The van der Waals surface area contributed by atoms with E-state index < -0.39 is 0 Å². The van der Waals surface area contributed by atoms with Crippen LogP contribution < -0.4 is 20.7 Å². The minimum Gasteiger partial charge on any atom is -0.479 e. The van der Waals surface area contributed by atoms with Crippen LogP contribution in [0.15, 0.2) is 12.1 Å². The smallest absolute Gasteiger partial charge is 0.239 e. The maximum atomic E-state index is 5.61. The van der Waals surface area contributed by atoms with E-state index in [2.05, 4.69) is 15.2 Å². The summed E-state index contributed by atoms with van der Waals surface area (Å²) in [4.78, 5) is 6.41. The average molecular weight is 208 g/mol. The highest BCUT2D eigenvalue weighted by atomic mass is 16.5. The fourth-order valence-electron chi connectivity index (χ4n) is 1.74. The van der Waals surface area contributed by atoms with Gasteiger partial charge in [0.2, 0.25) is 5.88 Å². The molecule has 1 aromatic heterocycles. The van der Waals surface area contributed by atoms with E-state index >= 15 is 0 Å². The van der Waals surface area contributed by atoms with Crippen molar-refractivity contribution in [2.24, 2.45) is 0 Å². The molecule has 0 bridgehead atoms. The Morgan fingerprint density at radius 2 is 2.13 bits per heavy atom. The normalized spacial score (nSPS) is 16.5. The number of nitrogens with two attached hydrogens (primary N) is 1. The average Bonchev–Trinajstić information content (AvgIpc) is 2.30. The van der Waals surface area contributed by atoms with Crippen molar-refractivity contribution in [1.29, 1.82) is 0 Å². The standard InChI is InChI=1S/C10H16N4O/c1-15-10-8(2-3-9(11)13-10)14-6-4-12-5-7-14/h2-3,12H,4-7H2,1H3,(H2,11,13). The molecule has 2 rings (SSSR count). The molecule has 0 radical (unpaired) electrons. The molecule has 1 aromatic rings. The predicted octanol–water partition coefficient (Wildman–Crippen LogP) is 0.0820. The molecule has 0 atom stereocenters. The molecule has 1 saturated heterocycles. The fraction of sp³-hybridized carbons (Fsp3) is 0.500. The van der Waals surface area contributed by atoms with Gasteiger partial charge in [-0.05, 0) is 12.1 Å². The number of nitrogen functional groups attached to an aromatic ring is 1. The lowest BCUT2D eigenvalue weighted by atomic mass is 10.3. The van der Waals surface area contributed by atoms with Gasteiger partial charge in [-0.25, -0.2) is 0 Å². The zero-order valence-electron chi connectivity index (χ0n) is 8.86. The Labute approximate surface area is 89.2 Å². The number of nitrogens with one attached hydrogen (secondary N) is 1. The van der Waals surface area contributed by atoms with Gasteiger partial charge < -0.3 is 20.7 Å². The van der Waals surface area contributed by atoms with Crippen LogP contribution in [0.5, 0.6) is 5.88 Å². The maximum Gasteiger partial charge on any atom is 0.239 e. The first-order valence-electron chi connectivity index (χ1n) is 5.07. The van der Waals surface area contributed by atoms with Crippen LogP contribution in [0.1, 0.15) is 0 Å². The van der Waals surface area contributed by atoms with Crippen LogP contribution in [-0.2, 0) is 0 Å². The monoisotopic (exact) mass is 208 g/mol. The van der Waals surface area contributed by atoms with E-state index in [0.717, 1.165) is 31.9 Å². The molecular formula is C10H16N4O. The van der Waals surface area contributed by atoms with Gasteiger partial charge in [0.25, 0.3) is 0 Å². The van der Waals surface area contributed by atoms with Gasteiger partial charge in [-0.3, -0.25) is 0 Å². The summed E-state index contributed by atoms with van der Waals surface area (Å²) >= 11 is 0. The molecule has 1 aliphatic rings. The summed E-state index contributed by atoms with van der Waals surface area (Å²) < 4.78 is 5.23. The molecule has 5 nitrogen and oxygen atoms in total. The number of hydrogen-bond donors (Lipinski definition) is 2. The molecule has 82 valence electrons. The second kappa shape index (κ2) is 4.35. The van der Waals surface area contributed by atoms with Gasteiger partial charge in [0, 0.05) is 26.2 Å². The third-order valence-corrected chi connectivity index (χ3v) is 2.51. The Morgan fingerprint density at radius 3 is 2.80 bits per heavy atom. The molecule has 0 unspecified atom stereocenters. The van der Waals surface area contributed by atoms with Crippen LogP contribution in [0, 0.1) is 0 Å². The number of anilines is 2. The molecule has 1 fully saturated rings. The third kappa shape index (κ3) is 2.12. The van der Waals surface area contributed by atoms with Crippen molar-refractivity contribution in [2.75, 3.05) is 43.9 Å². The highest BCUT2D eigenvalue weighted by Crippen LogP contribution is 2.26. The van der Waals surface area contributed by atoms with Gasteiger partial charge in [-0.1, -0.05) is 0 Å². The van der Waals surface area contributed by atoms with Crippen LogP contribution in [0.25, 0.3) is 0 Å². The third-order valence-electron chi connectivity index (χ3n) is 2.51.